The first-order chi connectivity index (χ1) is 11.9. The van der Waals surface area contributed by atoms with Gasteiger partial charge in [0.15, 0.2) is 5.11 Å². The van der Waals surface area contributed by atoms with E-state index in [1.165, 1.54) is 0 Å². The van der Waals surface area contributed by atoms with Crippen molar-refractivity contribution in [2.45, 2.75) is 27.7 Å². The summed E-state index contributed by atoms with van der Waals surface area (Å²) < 4.78 is 5.73. The molecule has 5 heteroatoms. The van der Waals surface area contributed by atoms with E-state index in [0.29, 0.717) is 23.8 Å². The molecule has 25 heavy (non-hydrogen) atoms. The van der Waals surface area contributed by atoms with E-state index in [0.717, 1.165) is 16.8 Å². The van der Waals surface area contributed by atoms with E-state index >= 15 is 0 Å². The zero-order valence-corrected chi connectivity index (χ0v) is 15.9. The van der Waals surface area contributed by atoms with Crippen molar-refractivity contribution in [3.63, 3.8) is 0 Å². The monoisotopic (exact) mass is 356 g/mol. The third kappa shape index (κ3) is 5.57. The average molecular weight is 356 g/mol. The van der Waals surface area contributed by atoms with E-state index in [4.69, 9.17) is 17.0 Å². The maximum atomic E-state index is 12.5. The summed E-state index contributed by atoms with van der Waals surface area (Å²) in [5.41, 5.74) is 3.53. The van der Waals surface area contributed by atoms with Gasteiger partial charge in [0, 0.05) is 5.69 Å². The molecule has 0 bridgehead atoms. The number of anilines is 1. The Kier molecular flexibility index (Phi) is 6.53. The average Bonchev–Trinajstić information content (AvgIpc) is 2.56. The Morgan fingerprint density at radius 3 is 2.60 bits per heavy atom. The van der Waals surface area contributed by atoms with E-state index in [1.54, 1.807) is 18.2 Å². The first-order valence-electron chi connectivity index (χ1n) is 8.28. The first-order valence-corrected chi connectivity index (χ1v) is 8.69. The molecule has 0 aliphatic rings. The lowest BCUT2D eigenvalue weighted by Crippen LogP contribution is -2.34. The van der Waals surface area contributed by atoms with E-state index < -0.39 is 0 Å². The molecule has 4 nitrogen and oxygen atoms in total. The Balaban J connectivity index is 2.06. The molecule has 0 aliphatic carbocycles. The molecule has 132 valence electrons. The molecule has 1 amide bonds. The summed E-state index contributed by atoms with van der Waals surface area (Å²) in [4.78, 5) is 12.5. The fraction of sp³-hybridized carbons (Fsp3) is 0.300. The normalized spacial score (nSPS) is 10.4. The lowest BCUT2D eigenvalue weighted by atomic mass is 10.1. The zero-order chi connectivity index (χ0) is 18.4. The first kappa shape index (κ1) is 18.9. The molecule has 2 rings (SSSR count). The minimum absolute atomic E-state index is 0.261. The van der Waals surface area contributed by atoms with Gasteiger partial charge in [-0.05, 0) is 61.3 Å². The number of amides is 1. The predicted octanol–water partition coefficient (Wildman–Crippen LogP) is 4.47. The highest BCUT2D eigenvalue weighted by Gasteiger charge is 2.14. The number of aryl methyl sites for hydroxylation is 2. The molecule has 2 aromatic rings. The van der Waals surface area contributed by atoms with E-state index in [2.05, 4.69) is 24.5 Å². The summed E-state index contributed by atoms with van der Waals surface area (Å²) in [6.07, 6.45) is 0. The van der Waals surface area contributed by atoms with Crippen molar-refractivity contribution >= 4 is 28.9 Å². The van der Waals surface area contributed by atoms with Crippen molar-refractivity contribution < 1.29 is 9.53 Å². The Morgan fingerprint density at radius 2 is 1.88 bits per heavy atom. The number of nitrogens with one attached hydrogen (secondary N) is 2. The molecule has 2 aromatic carbocycles. The summed E-state index contributed by atoms with van der Waals surface area (Å²) in [7, 11) is 0. The molecule has 0 spiro atoms. The minimum atomic E-state index is -0.290. The number of carbonyl (C=O) groups excluding carboxylic acids is 1. The highest BCUT2D eigenvalue weighted by molar-refractivity contribution is 7.80. The number of para-hydroxylation sites is 1. The van der Waals surface area contributed by atoms with Crippen LogP contribution in [-0.4, -0.2) is 17.6 Å². The van der Waals surface area contributed by atoms with Gasteiger partial charge in [-0.15, -0.1) is 0 Å². The second-order valence-corrected chi connectivity index (χ2v) is 6.84. The fourth-order valence-electron chi connectivity index (χ4n) is 2.23. The molecule has 0 aromatic heterocycles. The summed E-state index contributed by atoms with van der Waals surface area (Å²) in [6, 6.07) is 13.2. The van der Waals surface area contributed by atoms with Gasteiger partial charge in [-0.25, -0.2) is 0 Å². The maximum Gasteiger partial charge on any atom is 0.261 e. The van der Waals surface area contributed by atoms with Gasteiger partial charge >= 0.3 is 0 Å². The van der Waals surface area contributed by atoms with Gasteiger partial charge in [-0.1, -0.05) is 38.1 Å². The van der Waals surface area contributed by atoms with Crippen LogP contribution in [0.1, 0.15) is 35.3 Å². The molecular weight excluding hydrogens is 332 g/mol. The molecule has 0 unspecified atom stereocenters. The Morgan fingerprint density at radius 1 is 1.16 bits per heavy atom. The molecule has 0 aliphatic heterocycles. The second-order valence-electron chi connectivity index (χ2n) is 6.43. The highest BCUT2D eigenvalue weighted by atomic mass is 32.1. The highest BCUT2D eigenvalue weighted by Crippen LogP contribution is 2.19. The Bertz CT molecular complexity index is 772. The molecular formula is C20H24N2O2S. The smallest absolute Gasteiger partial charge is 0.261 e. The number of hydrogen-bond acceptors (Lipinski definition) is 3. The van der Waals surface area contributed by atoms with Gasteiger partial charge in [0.2, 0.25) is 0 Å². The minimum Gasteiger partial charge on any atom is -0.492 e. The van der Waals surface area contributed by atoms with Crippen LogP contribution in [0.15, 0.2) is 42.5 Å². The van der Waals surface area contributed by atoms with Gasteiger partial charge in [-0.2, -0.15) is 0 Å². The fourth-order valence-corrected chi connectivity index (χ4v) is 2.43. The van der Waals surface area contributed by atoms with Crippen LogP contribution in [0.25, 0.3) is 0 Å². The second kappa shape index (κ2) is 8.62. The van der Waals surface area contributed by atoms with Crippen LogP contribution >= 0.6 is 12.2 Å². The van der Waals surface area contributed by atoms with Crippen molar-refractivity contribution in [1.82, 2.24) is 5.32 Å². The quantitative estimate of drug-likeness (QED) is 0.777. The third-order valence-corrected chi connectivity index (χ3v) is 3.78. The van der Waals surface area contributed by atoms with Crippen LogP contribution < -0.4 is 15.4 Å². The maximum absolute atomic E-state index is 12.5. The number of ether oxygens (including phenoxy) is 1. The van der Waals surface area contributed by atoms with Crippen molar-refractivity contribution in [2.24, 2.45) is 5.92 Å². The summed E-state index contributed by atoms with van der Waals surface area (Å²) in [5, 5.41) is 6.06. The summed E-state index contributed by atoms with van der Waals surface area (Å²) in [6.45, 7) is 8.67. The van der Waals surface area contributed by atoms with Gasteiger partial charge in [0.05, 0.1) is 12.2 Å². The summed E-state index contributed by atoms with van der Waals surface area (Å²) in [5.74, 6) is 0.647. The van der Waals surface area contributed by atoms with Gasteiger partial charge in [-0.3, -0.25) is 10.1 Å². The lowest BCUT2D eigenvalue weighted by Gasteiger charge is -2.15. The zero-order valence-electron chi connectivity index (χ0n) is 15.1. The number of carbonyl (C=O) groups is 1. The molecule has 0 heterocycles. The molecule has 0 atom stereocenters. The van der Waals surface area contributed by atoms with E-state index in [-0.39, 0.29) is 11.0 Å². The predicted molar refractivity (Wildman–Crippen MR) is 106 cm³/mol. The van der Waals surface area contributed by atoms with Crippen LogP contribution in [0.2, 0.25) is 0 Å². The standard InChI is InChI=1S/C20H24N2O2S/c1-13(2)12-24-18-8-6-5-7-16(18)19(23)22-20(25)21-17-11-14(3)9-10-15(17)4/h5-11,13H,12H2,1-4H3,(H2,21,22,23,25). The number of rotatable bonds is 5. The lowest BCUT2D eigenvalue weighted by molar-refractivity contribution is 0.0973. The number of benzene rings is 2. The largest absolute Gasteiger partial charge is 0.492 e. The van der Waals surface area contributed by atoms with Crippen molar-refractivity contribution in [3.8, 4) is 5.75 Å². The van der Waals surface area contributed by atoms with Crippen LogP contribution in [-0.2, 0) is 0 Å². The van der Waals surface area contributed by atoms with E-state index in [9.17, 15) is 4.79 Å². The van der Waals surface area contributed by atoms with Crippen LogP contribution in [0, 0.1) is 19.8 Å². The van der Waals surface area contributed by atoms with Gasteiger partial charge < -0.3 is 10.1 Å². The Hall–Kier alpha value is -2.40. The summed E-state index contributed by atoms with van der Waals surface area (Å²) >= 11 is 5.28. The van der Waals surface area contributed by atoms with Crippen molar-refractivity contribution in [1.29, 1.82) is 0 Å². The van der Waals surface area contributed by atoms with E-state index in [1.807, 2.05) is 38.1 Å². The Labute approximate surface area is 154 Å². The van der Waals surface area contributed by atoms with Gasteiger partial charge in [0.1, 0.15) is 5.75 Å². The molecule has 0 saturated carbocycles. The van der Waals surface area contributed by atoms with Crippen molar-refractivity contribution in [2.75, 3.05) is 11.9 Å². The molecule has 0 saturated heterocycles. The number of thiocarbonyl (C=S) groups is 1. The van der Waals surface area contributed by atoms with Crippen molar-refractivity contribution in [3.05, 3.63) is 59.2 Å². The van der Waals surface area contributed by atoms with Crippen LogP contribution in [0.4, 0.5) is 5.69 Å². The van der Waals surface area contributed by atoms with Gasteiger partial charge in [0.25, 0.3) is 5.91 Å². The topological polar surface area (TPSA) is 50.4 Å². The number of hydrogen-bond donors (Lipinski definition) is 2. The SMILES string of the molecule is Cc1ccc(C)c(NC(=S)NC(=O)c2ccccc2OCC(C)C)c1. The van der Waals surface area contributed by atoms with Crippen LogP contribution in [0.3, 0.4) is 0 Å². The molecule has 0 radical (unpaired) electrons. The molecule has 0 fully saturated rings. The molecule has 2 N–H and O–H groups in total. The third-order valence-electron chi connectivity index (χ3n) is 3.57. The van der Waals surface area contributed by atoms with Crippen LogP contribution in [0.5, 0.6) is 5.75 Å².